The molecule has 0 aliphatic rings. The maximum atomic E-state index is 4.75. The van der Waals surface area contributed by atoms with Crippen molar-refractivity contribution in [1.29, 1.82) is 0 Å². The molecule has 0 atom stereocenters. The first-order valence-electron chi connectivity index (χ1n) is 6.28. The Kier molecular flexibility index (Phi) is 2.94. The predicted molar refractivity (Wildman–Crippen MR) is 83.4 cm³/mol. The number of imidazole rings is 1. The molecule has 96 valence electrons. The van der Waals surface area contributed by atoms with E-state index in [9.17, 15) is 0 Å². The van der Waals surface area contributed by atoms with Crippen LogP contribution >= 0.6 is 15.9 Å². The van der Waals surface area contributed by atoms with Crippen LogP contribution in [0, 0.1) is 20.8 Å². The van der Waals surface area contributed by atoms with E-state index in [1.165, 1.54) is 16.7 Å². The van der Waals surface area contributed by atoms with Crippen molar-refractivity contribution in [2.45, 2.75) is 20.8 Å². The van der Waals surface area contributed by atoms with Gasteiger partial charge >= 0.3 is 0 Å². The van der Waals surface area contributed by atoms with Gasteiger partial charge in [-0.05, 0) is 49.6 Å². The van der Waals surface area contributed by atoms with Gasteiger partial charge in [0.1, 0.15) is 5.82 Å². The summed E-state index contributed by atoms with van der Waals surface area (Å²) in [6.07, 6.45) is 0. The molecule has 1 aromatic heterocycles. The minimum absolute atomic E-state index is 0.933. The van der Waals surface area contributed by atoms with Crippen molar-refractivity contribution in [3.05, 3.63) is 51.5 Å². The lowest BCUT2D eigenvalue weighted by molar-refractivity contribution is 1.29. The topological polar surface area (TPSA) is 28.7 Å². The normalized spacial score (nSPS) is 11.2. The van der Waals surface area contributed by atoms with Gasteiger partial charge in [0.05, 0.1) is 11.0 Å². The summed E-state index contributed by atoms with van der Waals surface area (Å²) in [7, 11) is 0. The molecule has 2 aromatic carbocycles. The van der Waals surface area contributed by atoms with Crippen molar-refractivity contribution >= 4 is 27.0 Å². The quantitative estimate of drug-likeness (QED) is 0.678. The van der Waals surface area contributed by atoms with E-state index in [4.69, 9.17) is 4.98 Å². The standard InChI is InChI=1S/C16H15BrN2/c1-9-7-10(2)15-14(8-9)18-16(19-15)12-5-4-6-13(17)11(12)3/h4-8H,1-3H3,(H,18,19). The Labute approximate surface area is 121 Å². The van der Waals surface area contributed by atoms with Gasteiger partial charge in [0.25, 0.3) is 0 Å². The first-order valence-corrected chi connectivity index (χ1v) is 7.08. The molecular weight excluding hydrogens is 300 g/mol. The molecule has 0 bridgehead atoms. The fourth-order valence-corrected chi connectivity index (χ4v) is 2.83. The summed E-state index contributed by atoms with van der Waals surface area (Å²) in [4.78, 5) is 8.18. The van der Waals surface area contributed by atoms with Crippen LogP contribution < -0.4 is 0 Å². The summed E-state index contributed by atoms with van der Waals surface area (Å²) in [5.74, 6) is 0.933. The number of H-pyrrole nitrogens is 1. The fraction of sp³-hybridized carbons (Fsp3) is 0.188. The van der Waals surface area contributed by atoms with E-state index in [2.05, 4.69) is 66.0 Å². The lowest BCUT2D eigenvalue weighted by Gasteiger charge is -2.03. The Morgan fingerprint density at radius 3 is 2.68 bits per heavy atom. The van der Waals surface area contributed by atoms with Crippen molar-refractivity contribution in [3.63, 3.8) is 0 Å². The van der Waals surface area contributed by atoms with Crippen LogP contribution in [0.3, 0.4) is 0 Å². The van der Waals surface area contributed by atoms with Crippen LogP contribution in [0.2, 0.25) is 0 Å². The van der Waals surface area contributed by atoms with Gasteiger partial charge in [-0.15, -0.1) is 0 Å². The Hall–Kier alpha value is -1.61. The predicted octanol–water partition coefficient (Wildman–Crippen LogP) is 4.92. The monoisotopic (exact) mass is 314 g/mol. The minimum Gasteiger partial charge on any atom is -0.338 e. The molecule has 0 amide bonds. The molecule has 19 heavy (non-hydrogen) atoms. The molecule has 0 aliphatic carbocycles. The molecule has 0 spiro atoms. The molecule has 3 rings (SSSR count). The lowest BCUT2D eigenvalue weighted by atomic mass is 10.1. The number of rotatable bonds is 1. The van der Waals surface area contributed by atoms with Gasteiger partial charge in [-0.2, -0.15) is 0 Å². The smallest absolute Gasteiger partial charge is 0.138 e. The van der Waals surface area contributed by atoms with E-state index in [0.29, 0.717) is 0 Å². The molecule has 0 fully saturated rings. The second kappa shape index (κ2) is 4.49. The van der Waals surface area contributed by atoms with Crippen LogP contribution in [0.15, 0.2) is 34.8 Å². The van der Waals surface area contributed by atoms with Crippen molar-refractivity contribution in [2.24, 2.45) is 0 Å². The average molecular weight is 315 g/mol. The van der Waals surface area contributed by atoms with Crippen molar-refractivity contribution in [1.82, 2.24) is 9.97 Å². The lowest BCUT2D eigenvalue weighted by Crippen LogP contribution is -1.86. The number of aromatic nitrogens is 2. The summed E-state index contributed by atoms with van der Waals surface area (Å²) in [6.45, 7) is 6.32. The molecule has 0 saturated heterocycles. The first kappa shape index (κ1) is 12.4. The first-order chi connectivity index (χ1) is 9.06. The maximum absolute atomic E-state index is 4.75. The molecule has 0 aliphatic heterocycles. The summed E-state index contributed by atoms with van der Waals surface area (Å²) < 4.78 is 1.11. The highest BCUT2D eigenvalue weighted by atomic mass is 79.9. The van der Waals surface area contributed by atoms with Gasteiger partial charge < -0.3 is 4.98 Å². The van der Waals surface area contributed by atoms with E-state index in [-0.39, 0.29) is 0 Å². The van der Waals surface area contributed by atoms with Crippen LogP contribution in [0.4, 0.5) is 0 Å². The highest BCUT2D eigenvalue weighted by molar-refractivity contribution is 9.10. The molecule has 1 N–H and O–H groups in total. The minimum atomic E-state index is 0.933. The highest BCUT2D eigenvalue weighted by Crippen LogP contribution is 2.29. The van der Waals surface area contributed by atoms with Gasteiger partial charge in [-0.25, -0.2) is 4.98 Å². The zero-order valence-corrected chi connectivity index (χ0v) is 12.8. The van der Waals surface area contributed by atoms with E-state index in [0.717, 1.165) is 26.9 Å². The summed E-state index contributed by atoms with van der Waals surface area (Å²) >= 11 is 3.57. The van der Waals surface area contributed by atoms with Gasteiger partial charge in [0.2, 0.25) is 0 Å². The number of hydrogen-bond donors (Lipinski definition) is 1. The SMILES string of the molecule is Cc1cc(C)c2nc(-c3cccc(Br)c3C)[nH]c2c1. The van der Waals surface area contributed by atoms with E-state index in [1.54, 1.807) is 0 Å². The Morgan fingerprint density at radius 1 is 1.11 bits per heavy atom. The molecule has 0 saturated carbocycles. The molecule has 3 heteroatoms. The van der Waals surface area contributed by atoms with Crippen LogP contribution in [-0.2, 0) is 0 Å². The Balaban J connectivity index is 2.26. The number of halogens is 1. The second-order valence-corrected chi connectivity index (χ2v) is 5.83. The molecule has 0 radical (unpaired) electrons. The molecular formula is C16H15BrN2. The highest BCUT2D eigenvalue weighted by Gasteiger charge is 2.10. The van der Waals surface area contributed by atoms with Crippen LogP contribution in [0.1, 0.15) is 16.7 Å². The van der Waals surface area contributed by atoms with E-state index < -0.39 is 0 Å². The van der Waals surface area contributed by atoms with E-state index >= 15 is 0 Å². The Morgan fingerprint density at radius 2 is 1.89 bits per heavy atom. The molecule has 0 unspecified atom stereocenters. The number of aryl methyl sites for hydroxylation is 2. The van der Waals surface area contributed by atoms with Gasteiger partial charge in [0.15, 0.2) is 0 Å². The third-order valence-electron chi connectivity index (χ3n) is 3.44. The summed E-state index contributed by atoms with van der Waals surface area (Å²) in [5, 5.41) is 0. The van der Waals surface area contributed by atoms with Crippen molar-refractivity contribution in [2.75, 3.05) is 0 Å². The molecule has 2 nitrogen and oxygen atoms in total. The van der Waals surface area contributed by atoms with Crippen LogP contribution in [0.25, 0.3) is 22.4 Å². The van der Waals surface area contributed by atoms with Gasteiger partial charge in [-0.1, -0.05) is 34.1 Å². The second-order valence-electron chi connectivity index (χ2n) is 4.98. The largest absolute Gasteiger partial charge is 0.338 e. The number of nitrogens with one attached hydrogen (secondary N) is 1. The maximum Gasteiger partial charge on any atom is 0.138 e. The summed E-state index contributed by atoms with van der Waals surface area (Å²) in [5.41, 5.74) is 6.97. The zero-order chi connectivity index (χ0) is 13.6. The summed E-state index contributed by atoms with van der Waals surface area (Å²) in [6, 6.07) is 10.5. The number of nitrogens with zero attached hydrogens (tertiary/aromatic N) is 1. The van der Waals surface area contributed by atoms with E-state index in [1.807, 2.05) is 6.07 Å². The number of fused-ring (bicyclic) bond motifs is 1. The number of hydrogen-bond acceptors (Lipinski definition) is 1. The molecule has 1 heterocycles. The fourth-order valence-electron chi connectivity index (χ4n) is 2.46. The zero-order valence-electron chi connectivity index (χ0n) is 11.2. The average Bonchev–Trinajstić information content (AvgIpc) is 2.76. The van der Waals surface area contributed by atoms with Gasteiger partial charge in [0, 0.05) is 10.0 Å². The third kappa shape index (κ3) is 2.08. The van der Waals surface area contributed by atoms with Crippen LogP contribution in [0.5, 0.6) is 0 Å². The van der Waals surface area contributed by atoms with Crippen molar-refractivity contribution in [3.8, 4) is 11.4 Å². The van der Waals surface area contributed by atoms with Crippen LogP contribution in [-0.4, -0.2) is 9.97 Å². The number of aromatic amines is 1. The number of benzene rings is 2. The Bertz CT molecular complexity index is 772. The van der Waals surface area contributed by atoms with Gasteiger partial charge in [-0.3, -0.25) is 0 Å². The molecule has 3 aromatic rings. The third-order valence-corrected chi connectivity index (χ3v) is 4.30. The van der Waals surface area contributed by atoms with Crippen molar-refractivity contribution < 1.29 is 0 Å².